The molecule has 4 nitrogen and oxygen atoms in total. The summed E-state index contributed by atoms with van der Waals surface area (Å²) < 4.78 is 24.8. The predicted octanol–water partition coefficient (Wildman–Crippen LogP) is 1.76. The van der Waals surface area contributed by atoms with Crippen molar-refractivity contribution in [2.45, 2.75) is 30.6 Å². The lowest BCUT2D eigenvalue weighted by Gasteiger charge is -2.46. The number of benzene rings is 1. The molecule has 0 amide bonds. The van der Waals surface area contributed by atoms with Gasteiger partial charge in [0.05, 0.1) is 5.75 Å². The van der Waals surface area contributed by atoms with E-state index < -0.39 is 20.1 Å². The zero-order valence-corrected chi connectivity index (χ0v) is 13.2. The van der Waals surface area contributed by atoms with Crippen LogP contribution in [0.2, 0.25) is 0 Å². The van der Waals surface area contributed by atoms with E-state index >= 15 is 0 Å². The Morgan fingerprint density at radius 2 is 2.05 bits per heavy atom. The van der Waals surface area contributed by atoms with Gasteiger partial charge in [-0.3, -0.25) is 4.99 Å². The topological polar surface area (TPSA) is 72.5 Å². The number of nitrogens with two attached hydrogens (primary N) is 1. The van der Waals surface area contributed by atoms with Gasteiger partial charge >= 0.3 is 0 Å². The monoisotopic (exact) mass is 342 g/mol. The lowest BCUT2D eigenvalue weighted by Crippen LogP contribution is -2.58. The molecule has 0 unspecified atom stereocenters. The van der Waals surface area contributed by atoms with Crippen molar-refractivity contribution in [3.05, 3.63) is 33.8 Å². The molecule has 19 heavy (non-hydrogen) atoms. The van der Waals surface area contributed by atoms with Crippen molar-refractivity contribution in [1.82, 2.24) is 0 Å². The van der Waals surface area contributed by atoms with Crippen LogP contribution >= 0.6 is 15.9 Å². The maximum Gasteiger partial charge on any atom is 0.165 e. The van der Waals surface area contributed by atoms with Crippen LogP contribution in [0.15, 0.2) is 27.7 Å². The molecule has 1 heterocycles. The van der Waals surface area contributed by atoms with E-state index in [2.05, 4.69) is 20.9 Å². The normalized spacial score (nSPS) is 30.4. The molecule has 3 rings (SSSR count). The van der Waals surface area contributed by atoms with Crippen molar-refractivity contribution in [3.63, 3.8) is 0 Å². The van der Waals surface area contributed by atoms with E-state index in [-0.39, 0.29) is 11.6 Å². The third-order valence-electron chi connectivity index (χ3n) is 4.21. The van der Waals surface area contributed by atoms with Crippen molar-refractivity contribution in [1.29, 1.82) is 0 Å². The Labute approximate surface area is 121 Å². The minimum absolute atomic E-state index is 0.0388. The molecule has 2 N–H and O–H groups in total. The fourth-order valence-corrected chi connectivity index (χ4v) is 4.76. The number of fused-ring (bicyclic) bond motifs is 2. The Morgan fingerprint density at radius 1 is 1.37 bits per heavy atom. The second-order valence-corrected chi connectivity index (χ2v) is 9.23. The average Bonchev–Trinajstić information content (AvgIpc) is 2.28. The fourth-order valence-electron chi connectivity index (χ4n) is 2.72. The van der Waals surface area contributed by atoms with Gasteiger partial charge in [0.2, 0.25) is 0 Å². The van der Waals surface area contributed by atoms with Gasteiger partial charge in [-0.25, -0.2) is 8.42 Å². The Bertz CT molecular complexity index is 709. The fraction of sp³-hybridized carbons (Fsp3) is 0.462. The molecular weight excluding hydrogens is 328 g/mol. The molecule has 6 heteroatoms. The first-order valence-electron chi connectivity index (χ1n) is 6.05. The van der Waals surface area contributed by atoms with E-state index in [0.717, 1.165) is 15.6 Å². The van der Waals surface area contributed by atoms with Crippen LogP contribution in [-0.4, -0.2) is 24.8 Å². The first-order chi connectivity index (χ1) is 8.68. The van der Waals surface area contributed by atoms with Crippen LogP contribution in [0.25, 0.3) is 0 Å². The highest BCUT2D eigenvalue weighted by Crippen LogP contribution is 2.48. The van der Waals surface area contributed by atoms with Gasteiger partial charge in [-0.1, -0.05) is 22.0 Å². The van der Waals surface area contributed by atoms with Gasteiger partial charge in [-0.2, -0.15) is 0 Å². The Balaban J connectivity index is 2.18. The standard InChI is InChI=1S/C13H15BrN2O2S/c1-12(2)11(15)16-13(7-19(12,17)18)6-8-3-4-9(14)5-10(8)13/h3-5H,6-7H2,1-2H3,(H2,15,16)/t13-/m0/s1. The van der Waals surface area contributed by atoms with Crippen LogP contribution < -0.4 is 5.73 Å². The molecule has 0 radical (unpaired) electrons. The molecule has 2 aliphatic rings. The summed E-state index contributed by atoms with van der Waals surface area (Å²) in [4.78, 5) is 4.54. The molecule has 1 aliphatic heterocycles. The molecule has 0 saturated heterocycles. The van der Waals surface area contributed by atoms with Gasteiger partial charge in [0.25, 0.3) is 0 Å². The highest BCUT2D eigenvalue weighted by molar-refractivity contribution is 9.10. The van der Waals surface area contributed by atoms with Gasteiger partial charge in [-0.15, -0.1) is 0 Å². The average molecular weight is 343 g/mol. The maximum absolute atomic E-state index is 12.4. The van der Waals surface area contributed by atoms with Crippen LogP contribution in [0.1, 0.15) is 25.0 Å². The van der Waals surface area contributed by atoms with Crippen molar-refractivity contribution in [3.8, 4) is 0 Å². The zero-order valence-electron chi connectivity index (χ0n) is 10.8. The third-order valence-corrected chi connectivity index (χ3v) is 7.33. The van der Waals surface area contributed by atoms with Crippen molar-refractivity contribution in [2.75, 3.05) is 5.75 Å². The number of rotatable bonds is 0. The van der Waals surface area contributed by atoms with Crippen molar-refractivity contribution < 1.29 is 8.42 Å². The third kappa shape index (κ3) is 1.62. The van der Waals surface area contributed by atoms with Gasteiger partial charge in [0.15, 0.2) is 9.84 Å². The minimum atomic E-state index is -3.31. The van der Waals surface area contributed by atoms with E-state index in [9.17, 15) is 8.42 Å². The van der Waals surface area contributed by atoms with E-state index in [1.54, 1.807) is 13.8 Å². The predicted molar refractivity (Wildman–Crippen MR) is 79.0 cm³/mol. The van der Waals surface area contributed by atoms with Crippen LogP contribution in [0, 0.1) is 0 Å². The highest BCUT2D eigenvalue weighted by Gasteiger charge is 2.54. The number of halogens is 1. The van der Waals surface area contributed by atoms with E-state index in [1.165, 1.54) is 0 Å². The second kappa shape index (κ2) is 3.61. The first-order valence-corrected chi connectivity index (χ1v) is 8.49. The van der Waals surface area contributed by atoms with Crippen molar-refractivity contribution in [2.24, 2.45) is 10.7 Å². The summed E-state index contributed by atoms with van der Waals surface area (Å²) in [6, 6.07) is 5.91. The first kappa shape index (κ1) is 13.1. The summed E-state index contributed by atoms with van der Waals surface area (Å²) in [5.41, 5.74) is 7.38. The molecule has 1 aliphatic carbocycles. The summed E-state index contributed by atoms with van der Waals surface area (Å²) >= 11 is 3.42. The summed E-state index contributed by atoms with van der Waals surface area (Å²) in [5.74, 6) is 0.251. The molecule has 1 atom stereocenters. The van der Waals surface area contributed by atoms with Gasteiger partial charge in [-0.05, 0) is 37.1 Å². The molecule has 0 bridgehead atoms. The van der Waals surface area contributed by atoms with Crippen LogP contribution in [0.4, 0.5) is 0 Å². The number of sulfone groups is 1. The minimum Gasteiger partial charge on any atom is -0.386 e. The number of hydrogen-bond acceptors (Lipinski definition) is 4. The Hall–Kier alpha value is -0.880. The van der Waals surface area contributed by atoms with Crippen LogP contribution in [-0.2, 0) is 21.8 Å². The van der Waals surface area contributed by atoms with E-state index in [1.807, 2.05) is 18.2 Å². The maximum atomic E-state index is 12.4. The quantitative estimate of drug-likeness (QED) is 0.780. The number of amidine groups is 1. The summed E-state index contributed by atoms with van der Waals surface area (Å²) in [7, 11) is -3.31. The number of aliphatic imine (C=N–C) groups is 1. The molecule has 1 aromatic carbocycles. The molecule has 102 valence electrons. The van der Waals surface area contributed by atoms with Crippen molar-refractivity contribution >= 4 is 31.6 Å². The number of nitrogens with zero attached hydrogens (tertiary/aromatic N) is 1. The molecular formula is C13H15BrN2O2S. The smallest absolute Gasteiger partial charge is 0.165 e. The largest absolute Gasteiger partial charge is 0.386 e. The lowest BCUT2D eigenvalue weighted by atomic mass is 9.72. The Kier molecular flexibility index (Phi) is 2.49. The number of hydrogen-bond donors (Lipinski definition) is 1. The van der Waals surface area contributed by atoms with Crippen LogP contribution in [0.5, 0.6) is 0 Å². The van der Waals surface area contributed by atoms with E-state index in [4.69, 9.17) is 5.73 Å². The molecule has 0 aromatic heterocycles. The van der Waals surface area contributed by atoms with Crippen LogP contribution in [0.3, 0.4) is 0 Å². The zero-order chi connectivity index (χ0) is 14.1. The molecule has 0 saturated carbocycles. The summed E-state index contributed by atoms with van der Waals surface area (Å²) in [6.07, 6.45) is 0.644. The van der Waals surface area contributed by atoms with Gasteiger partial charge in [0.1, 0.15) is 16.1 Å². The van der Waals surface area contributed by atoms with E-state index in [0.29, 0.717) is 6.42 Å². The second-order valence-electron chi connectivity index (χ2n) is 5.78. The molecule has 1 aromatic rings. The summed E-state index contributed by atoms with van der Waals surface area (Å²) in [5, 5.41) is 0. The van der Waals surface area contributed by atoms with Gasteiger partial charge < -0.3 is 5.73 Å². The lowest BCUT2D eigenvalue weighted by molar-refractivity contribution is 0.413. The SMILES string of the molecule is CC1(C)C(N)=N[C@@]2(Cc3ccc(Br)cc32)CS1(=O)=O. The van der Waals surface area contributed by atoms with Gasteiger partial charge in [0, 0.05) is 10.9 Å². The Morgan fingerprint density at radius 3 is 2.68 bits per heavy atom. The highest BCUT2D eigenvalue weighted by atomic mass is 79.9. The molecule has 0 fully saturated rings. The molecule has 1 spiro atoms. The summed E-state index contributed by atoms with van der Waals surface area (Å²) in [6.45, 7) is 3.24.